The molecular formula is C68H62BF20IS2. The summed E-state index contributed by atoms with van der Waals surface area (Å²) in [5, 5.41) is 4.84. The molecule has 0 fully saturated rings. The van der Waals surface area contributed by atoms with E-state index in [1.807, 2.05) is 22.7 Å². The third-order valence-electron chi connectivity index (χ3n) is 16.3. The van der Waals surface area contributed by atoms with E-state index in [9.17, 15) is 52.7 Å². The van der Waals surface area contributed by atoms with Gasteiger partial charge in [0.15, 0.2) is 69.8 Å². The van der Waals surface area contributed by atoms with Gasteiger partial charge in [0.1, 0.15) is 52.7 Å². The third kappa shape index (κ3) is 16.1. The lowest BCUT2D eigenvalue weighted by Crippen LogP contribution is -3.61. The predicted octanol–water partition coefficient (Wildman–Crippen LogP) is 18.0. The smallest absolute Gasteiger partial charge is 0.207 e. The van der Waals surface area contributed by atoms with Crippen molar-refractivity contribution in [2.45, 2.75) is 155 Å². The molecule has 0 radical (unpaired) electrons. The van der Waals surface area contributed by atoms with Crippen LogP contribution in [-0.4, -0.2) is 6.15 Å². The second-order valence-corrected chi connectivity index (χ2v) is 28.5. The Morgan fingerprint density at radius 1 is 0.283 bits per heavy atom. The number of thiophene rings is 2. The molecule has 0 atom stereocenters. The first-order valence-electron chi connectivity index (χ1n) is 30.2. The van der Waals surface area contributed by atoms with Crippen molar-refractivity contribution in [2.24, 2.45) is 0 Å². The molecule has 2 aromatic heterocycles. The lowest BCUT2D eigenvalue weighted by Gasteiger charge is -2.44. The zero-order chi connectivity index (χ0) is 67.1. The Balaban J connectivity index is 0.000000261. The van der Waals surface area contributed by atoms with Crippen LogP contribution in [0.2, 0.25) is 0 Å². The number of hydrogen-bond donors (Lipinski definition) is 0. The monoisotopic (exact) mass is 1460 g/mol. The Hall–Kier alpha value is -5.89. The van der Waals surface area contributed by atoms with E-state index in [1.54, 1.807) is 5.77 Å². The number of unbranched alkanes of at least 4 members (excludes halogenated alkanes) is 18. The summed E-state index contributed by atoms with van der Waals surface area (Å²) in [6.45, 7) is 4.60. The van der Waals surface area contributed by atoms with Crippen LogP contribution >= 0.6 is 22.7 Å². The molecule has 0 spiro atoms. The minimum Gasteiger partial charge on any atom is -0.207 e. The van der Waals surface area contributed by atoms with E-state index in [0.717, 1.165) is 0 Å². The van der Waals surface area contributed by atoms with Gasteiger partial charge < -0.3 is 0 Å². The third-order valence-corrected chi connectivity index (χ3v) is 22.0. The van der Waals surface area contributed by atoms with Gasteiger partial charge in [-0.2, -0.15) is 0 Å². The molecule has 496 valence electrons. The summed E-state index contributed by atoms with van der Waals surface area (Å²) in [6, 6.07) is 23.4. The van der Waals surface area contributed by atoms with E-state index in [-0.39, 0.29) is 21.2 Å². The molecule has 6 aromatic carbocycles. The molecule has 2 heterocycles. The van der Waals surface area contributed by atoms with Crippen LogP contribution in [0, 0.1) is 122 Å². The van der Waals surface area contributed by atoms with E-state index in [2.05, 4.69) is 85.3 Å². The van der Waals surface area contributed by atoms with Gasteiger partial charge in [-0.1, -0.05) is 201 Å². The molecule has 0 N–H and O–H groups in total. The molecule has 24 heteroatoms. The number of halogens is 21. The first kappa shape index (κ1) is 73.5. The Morgan fingerprint density at radius 3 is 0.750 bits per heavy atom. The van der Waals surface area contributed by atoms with Gasteiger partial charge in [0, 0.05) is 22.9 Å². The van der Waals surface area contributed by atoms with E-state index in [1.165, 1.54) is 175 Å². The molecule has 0 saturated carbocycles. The summed E-state index contributed by atoms with van der Waals surface area (Å²) in [7, 11) is 0. The lowest BCUT2D eigenvalue weighted by molar-refractivity contribution is -0.584. The summed E-state index contributed by atoms with van der Waals surface area (Å²) >= 11 is 3.81. The van der Waals surface area contributed by atoms with Crippen LogP contribution in [0.1, 0.15) is 153 Å². The Bertz CT molecular complexity index is 3340. The van der Waals surface area contributed by atoms with Crippen molar-refractivity contribution in [3.8, 4) is 22.3 Å². The largest absolute Gasteiger partial charge is 0.381 e. The highest BCUT2D eigenvalue weighted by Gasteiger charge is 2.52. The Kier molecular flexibility index (Phi) is 27.2. The van der Waals surface area contributed by atoms with Crippen molar-refractivity contribution in [1.82, 2.24) is 0 Å². The van der Waals surface area contributed by atoms with Gasteiger partial charge in [-0.25, -0.2) is 87.8 Å². The van der Waals surface area contributed by atoms with Gasteiger partial charge in [0.05, 0.1) is 0 Å². The van der Waals surface area contributed by atoms with Crippen molar-refractivity contribution >= 4 is 50.7 Å². The van der Waals surface area contributed by atoms with Crippen molar-refractivity contribution in [3.05, 3.63) is 205 Å². The van der Waals surface area contributed by atoms with E-state index in [4.69, 9.17) is 0 Å². The minimum atomic E-state index is -7.22. The minimum absolute atomic E-state index is 0.149. The van der Waals surface area contributed by atoms with Crippen LogP contribution in [0.3, 0.4) is 0 Å². The fraction of sp³-hybridized carbons (Fsp3) is 0.353. The fourth-order valence-electron chi connectivity index (χ4n) is 11.6. The van der Waals surface area contributed by atoms with Crippen LogP contribution in [0.5, 0.6) is 0 Å². The van der Waals surface area contributed by atoms with Gasteiger partial charge in [-0.15, -0.1) is 21.9 Å². The van der Waals surface area contributed by atoms with Gasteiger partial charge in [0.25, 0.3) is 0 Å². The topological polar surface area (TPSA) is 0 Å². The molecule has 0 aliphatic rings. The maximum atomic E-state index is 15.4. The van der Waals surface area contributed by atoms with Crippen LogP contribution in [-0.2, 0) is 12.8 Å². The van der Waals surface area contributed by atoms with Crippen molar-refractivity contribution < 1.29 is 109 Å². The maximum Gasteiger partial charge on any atom is 0.381 e. The molecule has 0 unspecified atom stereocenters. The first-order chi connectivity index (χ1) is 44.0. The molecule has 0 aliphatic carbocycles. The average molecular weight is 1460 g/mol. The molecule has 8 aromatic rings. The summed E-state index contributed by atoms with van der Waals surface area (Å²) < 4.78 is 297. The van der Waals surface area contributed by atoms with Crippen molar-refractivity contribution in [1.29, 1.82) is 0 Å². The second-order valence-electron chi connectivity index (χ2n) is 22.4. The summed E-state index contributed by atoms with van der Waals surface area (Å²) in [5.74, 6) is -71.4. The molecule has 8 rings (SSSR count). The van der Waals surface area contributed by atoms with E-state index < -0.39 is 144 Å². The zero-order valence-electron chi connectivity index (χ0n) is 49.8. The van der Waals surface area contributed by atoms with E-state index >= 15 is 35.1 Å². The average Bonchev–Trinajstić information content (AvgIpc) is 0.747. The maximum absolute atomic E-state index is 15.4. The molecule has 0 saturated heterocycles. The van der Waals surface area contributed by atoms with Crippen LogP contribution < -0.4 is 43.1 Å². The number of hydrogen-bond acceptors (Lipinski definition) is 2. The quantitative estimate of drug-likeness (QED) is 0.0105. The van der Waals surface area contributed by atoms with Crippen LogP contribution in [0.25, 0.3) is 22.3 Å². The standard InChI is InChI=1S/C44H62IS2.C24BF20/c1-3-5-7-9-11-13-15-17-19-21-27-37-29-23-25-31-41(37)39-33-43(46-35-39)45-44-34-40(36-47-44)42-32-26-24-30-38(42)28-22-20-18-16-14-12-10-8-6-4-2;26-5-1(6(27)14(35)21(42)13(5)34)25(2-7(28)15(36)22(43)16(37)8(2)29,3-9(30)17(38)23(44)18(39)10(3)31)4-11(32)19(40)24(45)20(41)12(4)33/h23-26,29-36H,3-22,27-28H2,1-2H3;/q+1;-1. The molecular weight excluding hydrogens is 1400 g/mol. The zero-order valence-corrected chi connectivity index (χ0v) is 53.6. The van der Waals surface area contributed by atoms with Gasteiger partial charge in [0.2, 0.25) is 5.77 Å². The normalized spacial score (nSPS) is 11.7. The van der Waals surface area contributed by atoms with Gasteiger partial charge in [-0.3, -0.25) is 0 Å². The highest BCUT2D eigenvalue weighted by molar-refractivity contribution is 7.20. The number of aryl methyl sites for hydroxylation is 2. The van der Waals surface area contributed by atoms with E-state index in [0.29, 0.717) is 0 Å². The molecule has 0 aliphatic heterocycles. The first-order valence-corrected chi connectivity index (χ1v) is 34.1. The molecule has 0 bridgehead atoms. The fourth-order valence-corrected chi connectivity index (χ4v) is 17.4. The highest BCUT2D eigenvalue weighted by Crippen LogP contribution is 2.33. The van der Waals surface area contributed by atoms with Gasteiger partial charge in [-0.05, 0) is 59.1 Å². The number of benzene rings is 6. The highest BCUT2D eigenvalue weighted by atomic mass is 127. The van der Waals surface area contributed by atoms with Crippen LogP contribution in [0.4, 0.5) is 87.8 Å². The van der Waals surface area contributed by atoms with Crippen LogP contribution in [0.15, 0.2) is 71.4 Å². The molecule has 0 amide bonds. The predicted molar refractivity (Wildman–Crippen MR) is 317 cm³/mol. The summed E-state index contributed by atoms with van der Waals surface area (Å²) in [6.07, 6.45) is 23.2. The SMILES string of the molecule is CCCCCCCCCCCCc1ccccc1-c1csc([I+]c2cc(-c3ccccc3CCCCCCCCCCCC)cs2)c1.Fc1c(F)c(F)c([B-](c2c(F)c(F)c(F)c(F)c2F)(c2c(F)c(F)c(F)c(F)c2F)c2c(F)c(F)c(F)c(F)c2F)c(F)c1F. The molecule has 0 nitrogen and oxygen atoms in total. The second kappa shape index (κ2) is 34.0. The Labute approximate surface area is 538 Å². The molecule has 92 heavy (non-hydrogen) atoms. The summed E-state index contributed by atoms with van der Waals surface area (Å²) in [5.41, 5.74) is -5.47. The number of rotatable bonds is 30. The Morgan fingerprint density at radius 2 is 0.500 bits per heavy atom. The summed E-state index contributed by atoms with van der Waals surface area (Å²) in [4.78, 5) is 0. The van der Waals surface area contributed by atoms with Gasteiger partial charge >= 0.3 is 21.2 Å². The van der Waals surface area contributed by atoms with Crippen molar-refractivity contribution in [3.63, 3.8) is 0 Å². The lowest BCUT2D eigenvalue weighted by atomic mass is 9.12. The van der Waals surface area contributed by atoms with Crippen molar-refractivity contribution in [2.75, 3.05) is 0 Å².